The van der Waals surface area contributed by atoms with E-state index in [0.717, 1.165) is 22.0 Å². The van der Waals surface area contributed by atoms with Crippen LogP contribution in [0.4, 0.5) is 0 Å². The average molecular weight is 438 g/mol. The van der Waals surface area contributed by atoms with E-state index in [1.54, 1.807) is 0 Å². The van der Waals surface area contributed by atoms with Gasteiger partial charge in [-0.1, -0.05) is 0 Å². The minimum Gasteiger partial charge on any atom is -0.756 e. The van der Waals surface area contributed by atoms with E-state index in [-0.39, 0.29) is 51.4 Å². The van der Waals surface area contributed by atoms with Gasteiger partial charge in [0.05, 0.1) is 22.0 Å². The summed E-state index contributed by atoms with van der Waals surface area (Å²) in [6.07, 6.45) is 2.69. The van der Waals surface area contributed by atoms with Gasteiger partial charge in [-0.25, -0.2) is 19.2 Å². The molecule has 18 heteroatoms. The Morgan fingerprint density at radius 1 is 0.955 bits per heavy atom. The van der Waals surface area contributed by atoms with Crippen molar-refractivity contribution in [3.05, 3.63) is 0 Å². The van der Waals surface area contributed by atoms with Crippen LogP contribution in [0, 0.1) is 0 Å². The maximum Gasteiger partial charge on any atom is 1.00 e. The summed E-state index contributed by atoms with van der Waals surface area (Å²) < 4.78 is 15.1. The fourth-order valence-corrected chi connectivity index (χ4v) is 3.11. The third kappa shape index (κ3) is 58.5. The van der Waals surface area contributed by atoms with Gasteiger partial charge in [0, 0.05) is 19.7 Å². The van der Waals surface area contributed by atoms with Crippen LogP contribution >= 0.6 is 49.4 Å². The van der Waals surface area contributed by atoms with Crippen LogP contribution in [0.3, 0.4) is 0 Å². The van der Waals surface area contributed by atoms with Crippen molar-refractivity contribution in [2.24, 2.45) is 8.80 Å². The maximum atomic E-state index is 9.47. The molecule has 0 aliphatic rings. The van der Waals surface area contributed by atoms with Crippen LogP contribution in [0.15, 0.2) is 8.80 Å². The van der Waals surface area contributed by atoms with Gasteiger partial charge in [0.1, 0.15) is 0 Å². The first kappa shape index (κ1) is 30.7. The van der Waals surface area contributed by atoms with Gasteiger partial charge in [0.2, 0.25) is 12.2 Å². The van der Waals surface area contributed by atoms with Crippen molar-refractivity contribution < 1.29 is 100 Å². The summed E-state index contributed by atoms with van der Waals surface area (Å²) in [6, 6.07) is 0. The average Bonchev–Trinajstić information content (AvgIpc) is 2.32. The molecule has 0 bridgehead atoms. The summed E-state index contributed by atoms with van der Waals surface area (Å²) in [7, 11) is -0.516. The molecule has 0 aromatic carbocycles. The molecule has 0 heterocycles. The molecular weight excluding hydrogens is 434 g/mol. The first-order valence-corrected chi connectivity index (χ1v) is 9.85. The first-order valence-electron chi connectivity index (χ1n) is 3.59. The van der Waals surface area contributed by atoms with E-state index < -0.39 is 19.8 Å². The number of carbonyl (C=O) groups excluding carboxylic acids is 2. The summed E-state index contributed by atoms with van der Waals surface area (Å²) >= 11 is 0. The summed E-state index contributed by atoms with van der Waals surface area (Å²) in [5.41, 5.74) is 0. The molecule has 12 nitrogen and oxygen atoms in total. The largest absolute Gasteiger partial charge is 1.00 e. The van der Waals surface area contributed by atoms with Crippen molar-refractivity contribution in [2.75, 3.05) is 0 Å². The van der Waals surface area contributed by atoms with Crippen molar-refractivity contribution >= 4 is 73.5 Å². The van der Waals surface area contributed by atoms with Crippen molar-refractivity contribution in [1.29, 1.82) is 0 Å². The fraction of sp³-hybridized carbons (Fsp3) is 0. The van der Waals surface area contributed by atoms with Crippen LogP contribution in [0.25, 0.3) is 0 Å². The van der Waals surface area contributed by atoms with Gasteiger partial charge < -0.3 is 24.9 Å². The maximum absolute atomic E-state index is 9.47. The minimum absolute atomic E-state index is 0. The van der Waals surface area contributed by atoms with E-state index in [1.165, 1.54) is 31.8 Å². The van der Waals surface area contributed by atoms with Gasteiger partial charge in [-0.2, -0.15) is 0 Å². The molecule has 0 spiro atoms. The first-order chi connectivity index (χ1) is 9.56. The summed E-state index contributed by atoms with van der Waals surface area (Å²) in [5, 5.41) is 14.8. The fourth-order valence-electron chi connectivity index (χ4n) is 0.0857. The molecule has 0 aliphatic heterocycles. The Morgan fingerprint density at radius 3 is 1.32 bits per heavy atom. The second kappa shape index (κ2) is 21.8. The molecule has 0 atom stereocenters. The SMILES string of the molecule is O=C(O)C(=O)O.O=C=NSSSSN=C=O.O=P([O-])(O)O.[K+]. The molecule has 22 heavy (non-hydrogen) atoms. The van der Waals surface area contributed by atoms with Crippen LogP contribution in [0.2, 0.25) is 0 Å². The zero-order valence-electron chi connectivity index (χ0n) is 10.2. The van der Waals surface area contributed by atoms with Crippen molar-refractivity contribution in [2.45, 2.75) is 0 Å². The second-order valence-corrected chi connectivity index (χ2v) is 7.83. The third-order valence-electron chi connectivity index (χ3n) is 0.421. The van der Waals surface area contributed by atoms with E-state index in [1.807, 2.05) is 0 Å². The second-order valence-electron chi connectivity index (χ2n) is 1.75. The Balaban J connectivity index is -0.000000117. The molecule has 0 amide bonds. The van der Waals surface area contributed by atoms with Crippen LogP contribution in [-0.4, -0.2) is 44.1 Å². The Bertz CT molecular complexity index is 420. The summed E-state index contributed by atoms with van der Waals surface area (Å²) in [6.45, 7) is 0. The molecular formula is C4H4KN2O10PS4. The van der Waals surface area contributed by atoms with Crippen LogP contribution < -0.4 is 56.3 Å². The Morgan fingerprint density at radius 2 is 1.18 bits per heavy atom. The molecule has 0 aliphatic carbocycles. The van der Waals surface area contributed by atoms with Gasteiger partial charge in [0.25, 0.3) is 7.82 Å². The number of nitrogens with zero attached hydrogens (tertiary/aromatic N) is 2. The number of isocyanates is 2. The summed E-state index contributed by atoms with van der Waals surface area (Å²) in [5.74, 6) is -3.65. The molecule has 0 saturated heterocycles. The predicted molar refractivity (Wildman–Crippen MR) is 73.9 cm³/mol. The smallest absolute Gasteiger partial charge is 0.756 e. The van der Waals surface area contributed by atoms with Gasteiger partial charge in [0.15, 0.2) is 0 Å². The Kier molecular flexibility index (Phi) is 30.5. The molecule has 120 valence electrons. The van der Waals surface area contributed by atoms with Gasteiger partial charge in [-0.15, -0.1) is 8.80 Å². The number of hydrogen-bond acceptors (Lipinski definition) is 12. The number of carboxylic acid groups (broad SMARTS) is 2. The topological polar surface area (TPSA) is 214 Å². The van der Waals surface area contributed by atoms with Crippen molar-refractivity contribution in [3.8, 4) is 0 Å². The van der Waals surface area contributed by atoms with Gasteiger partial charge >= 0.3 is 63.3 Å². The van der Waals surface area contributed by atoms with Crippen LogP contribution in [0.1, 0.15) is 0 Å². The molecule has 0 saturated carbocycles. The van der Waals surface area contributed by atoms with E-state index in [2.05, 4.69) is 8.80 Å². The number of carboxylic acids is 2. The van der Waals surface area contributed by atoms with E-state index >= 15 is 0 Å². The Labute approximate surface area is 180 Å². The molecule has 0 aromatic rings. The number of carbonyl (C=O) groups is 2. The standard InChI is InChI=1S/C2N2O2S4.C2H2O4.K.H3O4P/c5-1-3-7-9-10-8-4-2-6;3-1(4)2(5)6;;1-5(2,3)4/h;(H,3,4)(H,5,6);;(H3,1,2,3,4)/q;;+1;/p-1. The number of hydrogen-bond donors (Lipinski definition) is 4. The molecule has 0 fully saturated rings. The van der Waals surface area contributed by atoms with E-state index in [9.17, 15) is 9.59 Å². The van der Waals surface area contributed by atoms with Gasteiger partial charge in [-0.05, 0) is 0 Å². The minimum atomic E-state index is -4.89. The molecule has 0 radical (unpaired) electrons. The predicted octanol–water partition coefficient (Wildman–Crippen LogP) is -3.24. The normalized spacial score (nSPS) is 8.14. The van der Waals surface area contributed by atoms with Crippen LogP contribution in [0.5, 0.6) is 0 Å². The zero-order chi connectivity index (χ0) is 17.3. The molecule has 0 aromatic heterocycles. The summed E-state index contributed by atoms with van der Waals surface area (Å²) in [4.78, 5) is 60.1. The van der Waals surface area contributed by atoms with Gasteiger partial charge in [-0.3, -0.25) is 4.57 Å². The van der Waals surface area contributed by atoms with E-state index in [0.29, 0.717) is 0 Å². The molecule has 0 rings (SSSR count). The van der Waals surface area contributed by atoms with E-state index in [4.69, 9.17) is 39.0 Å². The number of aliphatic carboxylic acids is 2. The van der Waals surface area contributed by atoms with Crippen molar-refractivity contribution in [1.82, 2.24) is 0 Å². The Hall–Kier alpha value is 0.846. The zero-order valence-corrected chi connectivity index (χ0v) is 17.5. The molecule has 0 unspecified atom stereocenters. The quantitative estimate of drug-likeness (QED) is 0.0485. The third-order valence-corrected chi connectivity index (χ3v) is 4.97. The monoisotopic (exact) mass is 438 g/mol. The number of rotatable bonds is 5. The molecule has 4 N–H and O–H groups in total. The van der Waals surface area contributed by atoms with Crippen molar-refractivity contribution in [3.63, 3.8) is 0 Å². The van der Waals surface area contributed by atoms with Crippen LogP contribution in [-0.2, 0) is 23.7 Å². The number of phosphoric acid groups is 1.